The second-order valence-electron chi connectivity index (χ2n) is 4.94. The van der Waals surface area contributed by atoms with Crippen molar-refractivity contribution in [1.82, 2.24) is 0 Å². The van der Waals surface area contributed by atoms with Crippen molar-refractivity contribution in [3.8, 4) is 5.75 Å². The van der Waals surface area contributed by atoms with E-state index < -0.39 is 0 Å². The number of hydrogen-bond acceptors (Lipinski definition) is 2. The van der Waals surface area contributed by atoms with E-state index in [9.17, 15) is 5.11 Å². The van der Waals surface area contributed by atoms with Gasteiger partial charge >= 0.3 is 0 Å². The Hall–Kier alpha value is -1.02. The van der Waals surface area contributed by atoms with Crippen LogP contribution in [0.5, 0.6) is 5.75 Å². The first-order valence-electron chi connectivity index (χ1n) is 6.29. The van der Waals surface area contributed by atoms with Crippen molar-refractivity contribution < 1.29 is 9.84 Å². The average molecular weight is 218 g/mol. The molecule has 0 spiro atoms. The fourth-order valence-electron chi connectivity index (χ4n) is 2.55. The Morgan fingerprint density at radius 2 is 1.88 bits per heavy atom. The topological polar surface area (TPSA) is 29.5 Å². The van der Waals surface area contributed by atoms with Crippen LogP contribution in [0.15, 0.2) is 18.2 Å². The number of aryl methyl sites for hydroxylation is 2. The molecule has 16 heavy (non-hydrogen) atoms. The van der Waals surface area contributed by atoms with Gasteiger partial charge in [0.2, 0.25) is 0 Å². The molecular weight excluding hydrogens is 200 g/mol. The number of aliphatic hydroxyl groups excluding tert-OH is 1. The van der Waals surface area contributed by atoms with E-state index in [-0.39, 0.29) is 12.2 Å². The highest BCUT2D eigenvalue weighted by atomic mass is 16.5. The lowest BCUT2D eigenvalue weighted by atomic mass is 9.90. The summed E-state index contributed by atoms with van der Waals surface area (Å²) < 4.78 is 5.78. The Bertz CT molecular complexity index is 386. The molecule has 0 aromatic heterocycles. The van der Waals surface area contributed by atoms with Crippen molar-refractivity contribution in [2.24, 2.45) is 0 Å². The largest absolute Gasteiger partial charge is 0.488 e. The molecule has 0 heterocycles. The SMILES string of the molecule is O[C@@H]1CC[C@H]1Oc1ccc2c(c1)CCCC2. The molecule has 2 aliphatic carbocycles. The predicted molar refractivity (Wildman–Crippen MR) is 62.7 cm³/mol. The lowest BCUT2D eigenvalue weighted by Crippen LogP contribution is -2.41. The molecule has 1 N–H and O–H groups in total. The van der Waals surface area contributed by atoms with Crippen LogP contribution in [0.1, 0.15) is 36.8 Å². The molecule has 2 nitrogen and oxygen atoms in total. The van der Waals surface area contributed by atoms with Crippen LogP contribution in [-0.2, 0) is 12.8 Å². The summed E-state index contributed by atoms with van der Waals surface area (Å²) in [6.45, 7) is 0. The minimum absolute atomic E-state index is 0.0293. The third-order valence-corrected chi connectivity index (χ3v) is 3.78. The van der Waals surface area contributed by atoms with Crippen molar-refractivity contribution in [3.05, 3.63) is 29.3 Å². The van der Waals surface area contributed by atoms with Gasteiger partial charge in [0.15, 0.2) is 0 Å². The molecule has 0 amide bonds. The molecule has 0 aliphatic heterocycles. The van der Waals surface area contributed by atoms with Gasteiger partial charge in [-0.25, -0.2) is 0 Å². The predicted octanol–water partition coefficient (Wildman–Crippen LogP) is 2.47. The highest BCUT2D eigenvalue weighted by Gasteiger charge is 2.30. The zero-order chi connectivity index (χ0) is 11.0. The molecule has 2 aliphatic rings. The van der Waals surface area contributed by atoms with Gasteiger partial charge in [-0.1, -0.05) is 6.07 Å². The van der Waals surface area contributed by atoms with Gasteiger partial charge in [-0.3, -0.25) is 0 Å². The molecule has 2 atom stereocenters. The number of hydrogen-bond donors (Lipinski definition) is 1. The van der Waals surface area contributed by atoms with Crippen molar-refractivity contribution in [2.75, 3.05) is 0 Å². The highest BCUT2D eigenvalue weighted by molar-refractivity contribution is 5.37. The van der Waals surface area contributed by atoms with Crippen LogP contribution in [0.4, 0.5) is 0 Å². The van der Waals surface area contributed by atoms with E-state index in [4.69, 9.17) is 4.74 Å². The Morgan fingerprint density at radius 1 is 1.06 bits per heavy atom. The van der Waals surface area contributed by atoms with Crippen LogP contribution in [0.25, 0.3) is 0 Å². The Kier molecular flexibility index (Phi) is 2.60. The van der Waals surface area contributed by atoms with Crippen molar-refractivity contribution in [3.63, 3.8) is 0 Å². The second kappa shape index (κ2) is 4.10. The van der Waals surface area contributed by atoms with Gasteiger partial charge < -0.3 is 9.84 Å². The van der Waals surface area contributed by atoms with Crippen LogP contribution in [0.2, 0.25) is 0 Å². The monoisotopic (exact) mass is 218 g/mol. The van der Waals surface area contributed by atoms with Gasteiger partial charge in [-0.15, -0.1) is 0 Å². The summed E-state index contributed by atoms with van der Waals surface area (Å²) in [6, 6.07) is 6.41. The third-order valence-electron chi connectivity index (χ3n) is 3.78. The minimum Gasteiger partial charge on any atom is -0.488 e. The average Bonchev–Trinajstić information content (AvgIpc) is 2.34. The molecule has 1 saturated carbocycles. The molecule has 3 rings (SSSR count). The molecule has 2 heteroatoms. The lowest BCUT2D eigenvalue weighted by Gasteiger charge is -2.32. The Labute approximate surface area is 96.2 Å². The normalized spacial score (nSPS) is 28.1. The Morgan fingerprint density at radius 3 is 2.56 bits per heavy atom. The first-order chi connectivity index (χ1) is 7.83. The van der Waals surface area contributed by atoms with Gasteiger partial charge in [-0.05, 0) is 61.8 Å². The minimum atomic E-state index is -0.254. The lowest BCUT2D eigenvalue weighted by molar-refractivity contribution is -0.0362. The van der Waals surface area contributed by atoms with E-state index in [0.29, 0.717) is 0 Å². The molecule has 0 saturated heterocycles. The molecule has 0 unspecified atom stereocenters. The maximum absolute atomic E-state index is 9.48. The van der Waals surface area contributed by atoms with Crippen LogP contribution >= 0.6 is 0 Å². The van der Waals surface area contributed by atoms with E-state index >= 15 is 0 Å². The van der Waals surface area contributed by atoms with Crippen LogP contribution < -0.4 is 4.74 Å². The van der Waals surface area contributed by atoms with Gasteiger partial charge in [-0.2, -0.15) is 0 Å². The summed E-state index contributed by atoms with van der Waals surface area (Å²) in [6.07, 6.45) is 6.64. The van der Waals surface area contributed by atoms with Gasteiger partial charge in [0.1, 0.15) is 11.9 Å². The van der Waals surface area contributed by atoms with Crippen LogP contribution in [0.3, 0.4) is 0 Å². The molecule has 86 valence electrons. The Balaban J connectivity index is 1.75. The quantitative estimate of drug-likeness (QED) is 0.826. The fraction of sp³-hybridized carbons (Fsp3) is 0.571. The number of ether oxygens (including phenoxy) is 1. The van der Waals surface area contributed by atoms with Crippen LogP contribution in [0, 0.1) is 0 Å². The summed E-state index contributed by atoms with van der Waals surface area (Å²) >= 11 is 0. The van der Waals surface area contributed by atoms with Gasteiger partial charge in [0, 0.05) is 0 Å². The summed E-state index contributed by atoms with van der Waals surface area (Å²) in [7, 11) is 0. The van der Waals surface area contributed by atoms with E-state index in [0.717, 1.165) is 18.6 Å². The second-order valence-corrected chi connectivity index (χ2v) is 4.94. The maximum atomic E-state index is 9.48. The van der Waals surface area contributed by atoms with Crippen molar-refractivity contribution in [1.29, 1.82) is 0 Å². The number of rotatable bonds is 2. The maximum Gasteiger partial charge on any atom is 0.125 e. The van der Waals surface area contributed by atoms with E-state index in [1.807, 2.05) is 0 Å². The molecule has 0 bridgehead atoms. The highest BCUT2D eigenvalue weighted by Crippen LogP contribution is 2.29. The zero-order valence-electron chi connectivity index (χ0n) is 9.48. The number of benzene rings is 1. The van der Waals surface area contributed by atoms with E-state index in [2.05, 4.69) is 18.2 Å². The summed E-state index contributed by atoms with van der Waals surface area (Å²) in [5, 5.41) is 9.48. The molecule has 1 fully saturated rings. The fourth-order valence-corrected chi connectivity index (χ4v) is 2.55. The van der Waals surface area contributed by atoms with Crippen LogP contribution in [-0.4, -0.2) is 17.3 Å². The smallest absolute Gasteiger partial charge is 0.125 e. The van der Waals surface area contributed by atoms with E-state index in [1.165, 1.54) is 36.8 Å². The molecule has 0 radical (unpaired) electrons. The third kappa shape index (κ3) is 1.82. The standard InChI is InChI=1S/C14H18O2/c15-13-7-8-14(13)16-12-6-5-10-3-1-2-4-11(10)9-12/h5-6,9,13-15H,1-4,7-8H2/t13-,14-/m1/s1. The van der Waals surface area contributed by atoms with E-state index in [1.54, 1.807) is 0 Å². The van der Waals surface area contributed by atoms with Gasteiger partial charge in [0.05, 0.1) is 6.10 Å². The zero-order valence-corrected chi connectivity index (χ0v) is 9.48. The summed E-state index contributed by atoms with van der Waals surface area (Å²) in [5.41, 5.74) is 2.92. The molecular formula is C14H18O2. The molecule has 1 aromatic rings. The van der Waals surface area contributed by atoms with Crippen molar-refractivity contribution in [2.45, 2.75) is 50.7 Å². The number of aliphatic hydroxyl groups is 1. The van der Waals surface area contributed by atoms with Gasteiger partial charge in [0.25, 0.3) is 0 Å². The first kappa shape index (κ1) is 10.2. The molecule has 1 aromatic carbocycles. The summed E-state index contributed by atoms with van der Waals surface area (Å²) in [4.78, 5) is 0. The van der Waals surface area contributed by atoms with Crippen molar-refractivity contribution >= 4 is 0 Å². The summed E-state index contributed by atoms with van der Waals surface area (Å²) in [5.74, 6) is 0.935. The first-order valence-corrected chi connectivity index (χ1v) is 6.29. The number of fused-ring (bicyclic) bond motifs is 1.